The summed E-state index contributed by atoms with van der Waals surface area (Å²) in [5, 5.41) is 23.5. The van der Waals surface area contributed by atoms with Crippen LogP contribution in [0.2, 0.25) is 0 Å². The number of fused-ring (bicyclic) bond motifs is 6. The molecule has 12 atom stereocenters. The third-order valence-electron chi connectivity index (χ3n) is 13.0. The van der Waals surface area contributed by atoms with Gasteiger partial charge in [-0.05, 0) is 94.5 Å². The van der Waals surface area contributed by atoms with Crippen molar-refractivity contribution in [2.24, 2.45) is 39.9 Å². The van der Waals surface area contributed by atoms with E-state index in [2.05, 4.69) is 13.8 Å². The number of ether oxygens (including phenoxy) is 2. The zero-order chi connectivity index (χ0) is 24.1. The summed E-state index contributed by atoms with van der Waals surface area (Å²) in [6, 6.07) is 0. The van der Waals surface area contributed by atoms with Crippen molar-refractivity contribution in [1.82, 2.24) is 0 Å². The first-order valence-corrected chi connectivity index (χ1v) is 13.4. The van der Waals surface area contributed by atoms with Gasteiger partial charge >= 0.3 is 5.97 Å². The van der Waals surface area contributed by atoms with Gasteiger partial charge in [0.05, 0.1) is 17.1 Å². The van der Waals surface area contributed by atoms with Crippen LogP contribution in [0.1, 0.15) is 79.1 Å². The largest absolute Gasteiger partial charge is 0.460 e. The molecule has 2 bridgehead atoms. The molecule has 0 radical (unpaired) electrons. The highest BCUT2D eigenvalue weighted by atomic mass is 16.6. The summed E-state index contributed by atoms with van der Waals surface area (Å²) in [4.78, 5) is 25.9. The zero-order valence-electron chi connectivity index (χ0n) is 20.8. The van der Waals surface area contributed by atoms with E-state index in [1.54, 1.807) is 13.0 Å². The highest BCUT2D eigenvalue weighted by Crippen LogP contribution is 2.74. The van der Waals surface area contributed by atoms with Gasteiger partial charge < -0.3 is 19.7 Å². The van der Waals surface area contributed by atoms with Gasteiger partial charge in [0.1, 0.15) is 11.7 Å². The fourth-order valence-corrected chi connectivity index (χ4v) is 10.5. The number of rotatable bonds is 1. The molecule has 0 aromatic carbocycles. The number of ketones is 1. The Morgan fingerprint density at radius 3 is 2.47 bits per heavy atom. The van der Waals surface area contributed by atoms with Crippen molar-refractivity contribution in [2.75, 3.05) is 0 Å². The molecule has 6 heteroatoms. The average Bonchev–Trinajstić information content (AvgIpc) is 3.27. The first-order valence-electron chi connectivity index (χ1n) is 13.4. The van der Waals surface area contributed by atoms with Crippen molar-refractivity contribution < 1.29 is 29.3 Å². The van der Waals surface area contributed by atoms with Crippen LogP contribution in [0.25, 0.3) is 0 Å². The summed E-state index contributed by atoms with van der Waals surface area (Å²) in [6.45, 7) is 7.96. The number of epoxide rings is 1. The minimum Gasteiger partial charge on any atom is -0.460 e. The molecular weight excluding hydrogens is 432 g/mol. The summed E-state index contributed by atoms with van der Waals surface area (Å²) in [7, 11) is 0. The number of esters is 1. The molecule has 2 saturated heterocycles. The van der Waals surface area contributed by atoms with Crippen molar-refractivity contribution in [1.29, 1.82) is 0 Å². The SMILES string of the molecule is C[C@@]12C[C@@H](OC(=O)[C@]1(C)O)[C@@H]([C@@]1(O)CC[C@H]3[C@@H]4C[C@H]5O[C@]56CC=CC(=O)[C@]6(C)[C@H]4CC[C@@]31C)C2. The minimum absolute atomic E-state index is 0.143. The molecule has 0 aromatic heterocycles. The Kier molecular flexibility index (Phi) is 3.88. The van der Waals surface area contributed by atoms with Crippen LogP contribution in [0, 0.1) is 39.9 Å². The maximum absolute atomic E-state index is 13.3. The van der Waals surface area contributed by atoms with Gasteiger partial charge in [-0.15, -0.1) is 0 Å². The quantitative estimate of drug-likeness (QED) is 0.451. The predicted molar refractivity (Wildman–Crippen MR) is 122 cm³/mol. The van der Waals surface area contributed by atoms with E-state index in [1.807, 2.05) is 13.0 Å². The molecule has 2 aliphatic heterocycles. The summed E-state index contributed by atoms with van der Waals surface area (Å²) in [6.07, 6.45) is 10.00. The molecule has 5 aliphatic carbocycles. The Balaban J connectivity index is 1.24. The van der Waals surface area contributed by atoms with Crippen LogP contribution in [-0.4, -0.2) is 51.0 Å². The summed E-state index contributed by atoms with van der Waals surface area (Å²) in [5.41, 5.74) is -4.13. The zero-order valence-corrected chi connectivity index (χ0v) is 20.8. The lowest BCUT2D eigenvalue weighted by Gasteiger charge is -2.59. The first-order chi connectivity index (χ1) is 15.8. The Labute approximate surface area is 201 Å². The topological polar surface area (TPSA) is 96.4 Å². The van der Waals surface area contributed by atoms with E-state index in [-0.39, 0.29) is 40.8 Å². The van der Waals surface area contributed by atoms with Crippen molar-refractivity contribution >= 4 is 11.8 Å². The molecule has 2 N–H and O–H groups in total. The van der Waals surface area contributed by atoms with Crippen molar-refractivity contribution in [3.63, 3.8) is 0 Å². The Bertz CT molecular complexity index is 1030. The van der Waals surface area contributed by atoms with Crippen LogP contribution in [0.15, 0.2) is 12.2 Å². The second kappa shape index (κ2) is 6.00. The fourth-order valence-electron chi connectivity index (χ4n) is 10.5. The molecule has 1 spiro atoms. The number of aliphatic hydroxyl groups is 2. The molecule has 7 aliphatic rings. The molecule has 2 heterocycles. The van der Waals surface area contributed by atoms with Gasteiger partial charge in [0.2, 0.25) is 0 Å². The van der Waals surface area contributed by atoms with Crippen LogP contribution >= 0.6 is 0 Å². The minimum atomic E-state index is -1.52. The molecular formula is C28H38O6. The first kappa shape index (κ1) is 22.0. The summed E-state index contributed by atoms with van der Waals surface area (Å²) < 4.78 is 12.1. The van der Waals surface area contributed by atoms with Gasteiger partial charge in [0.15, 0.2) is 11.4 Å². The Morgan fingerprint density at radius 2 is 1.71 bits per heavy atom. The van der Waals surface area contributed by atoms with Crippen LogP contribution in [-0.2, 0) is 19.1 Å². The van der Waals surface area contributed by atoms with E-state index in [9.17, 15) is 19.8 Å². The normalized spacial score (nSPS) is 63.5. The van der Waals surface area contributed by atoms with Crippen LogP contribution < -0.4 is 0 Å². The van der Waals surface area contributed by atoms with Gasteiger partial charge in [-0.25, -0.2) is 4.79 Å². The molecule has 0 amide bonds. The lowest BCUT2D eigenvalue weighted by Crippen LogP contribution is -2.62. The van der Waals surface area contributed by atoms with Gasteiger partial charge in [0, 0.05) is 11.3 Å². The third kappa shape index (κ3) is 2.11. The van der Waals surface area contributed by atoms with E-state index < -0.39 is 28.0 Å². The molecule has 34 heavy (non-hydrogen) atoms. The Hall–Kier alpha value is -1.24. The van der Waals surface area contributed by atoms with E-state index in [1.165, 1.54) is 0 Å². The molecule has 186 valence electrons. The number of carbonyl (C=O) groups excluding carboxylic acids is 2. The van der Waals surface area contributed by atoms with Crippen molar-refractivity contribution in [3.8, 4) is 0 Å². The lowest BCUT2D eigenvalue weighted by molar-refractivity contribution is -0.200. The second-order valence-electron chi connectivity index (χ2n) is 13.8. The average molecular weight is 471 g/mol. The number of hydrogen-bond donors (Lipinski definition) is 2. The maximum atomic E-state index is 13.3. The molecule has 6 fully saturated rings. The molecule has 4 saturated carbocycles. The number of carbonyl (C=O) groups is 2. The van der Waals surface area contributed by atoms with Gasteiger partial charge in [-0.2, -0.15) is 0 Å². The van der Waals surface area contributed by atoms with E-state index in [0.717, 1.165) is 32.1 Å². The highest BCUT2D eigenvalue weighted by Gasteiger charge is 2.79. The number of hydrogen-bond acceptors (Lipinski definition) is 6. The lowest BCUT2D eigenvalue weighted by atomic mass is 9.44. The molecule has 7 rings (SSSR count). The standard InChI is InChI=1S/C28H38O6/c1-23-13-18(19(14-23)33-22(30)26(23,4)31)27(32)11-8-16-15-12-21-28(34-21)9-5-6-20(29)25(28,3)17(15)7-10-24(16,27)2/h5-6,15-19,21,31-32H,7-14H2,1-4H3/t15-,16-,17-,18-,19+,21+,23+,24-,25-,26-,27-,28+/m0/s1. The van der Waals surface area contributed by atoms with Crippen LogP contribution in [0.4, 0.5) is 0 Å². The van der Waals surface area contributed by atoms with Crippen LogP contribution in [0.5, 0.6) is 0 Å². The predicted octanol–water partition coefficient (Wildman–Crippen LogP) is 3.33. The summed E-state index contributed by atoms with van der Waals surface area (Å²) >= 11 is 0. The van der Waals surface area contributed by atoms with Crippen molar-refractivity contribution in [2.45, 2.75) is 108 Å². The maximum Gasteiger partial charge on any atom is 0.338 e. The second-order valence-corrected chi connectivity index (χ2v) is 13.8. The molecule has 0 aromatic rings. The number of allylic oxidation sites excluding steroid dienone is 1. The van der Waals surface area contributed by atoms with E-state index in [0.29, 0.717) is 31.1 Å². The Morgan fingerprint density at radius 1 is 0.971 bits per heavy atom. The molecule has 0 unspecified atom stereocenters. The van der Waals surface area contributed by atoms with Gasteiger partial charge in [-0.1, -0.05) is 19.9 Å². The highest BCUT2D eigenvalue weighted by molar-refractivity contribution is 5.97. The van der Waals surface area contributed by atoms with Gasteiger partial charge in [-0.3, -0.25) is 4.79 Å². The van der Waals surface area contributed by atoms with Crippen LogP contribution in [0.3, 0.4) is 0 Å². The summed E-state index contributed by atoms with van der Waals surface area (Å²) in [5.74, 6) is 0.459. The van der Waals surface area contributed by atoms with E-state index in [4.69, 9.17) is 9.47 Å². The molecule has 6 nitrogen and oxygen atoms in total. The van der Waals surface area contributed by atoms with Gasteiger partial charge in [0.25, 0.3) is 0 Å². The monoisotopic (exact) mass is 470 g/mol. The fraction of sp³-hybridized carbons (Fsp3) is 0.857. The smallest absolute Gasteiger partial charge is 0.338 e. The third-order valence-corrected chi connectivity index (χ3v) is 13.0. The van der Waals surface area contributed by atoms with Crippen molar-refractivity contribution in [3.05, 3.63) is 12.2 Å². The van der Waals surface area contributed by atoms with E-state index >= 15 is 0 Å².